The summed E-state index contributed by atoms with van der Waals surface area (Å²) < 4.78 is 5.97. The first-order chi connectivity index (χ1) is 12.5. The zero-order valence-electron chi connectivity index (χ0n) is 16.1. The van der Waals surface area contributed by atoms with Crippen molar-refractivity contribution >= 4 is 5.91 Å². The van der Waals surface area contributed by atoms with Crippen LogP contribution in [0.3, 0.4) is 0 Å². The normalized spacial score (nSPS) is 16.3. The monoisotopic (exact) mass is 351 g/mol. The summed E-state index contributed by atoms with van der Waals surface area (Å²) in [7, 11) is 0. The van der Waals surface area contributed by atoms with Gasteiger partial charge in [-0.2, -0.15) is 0 Å². The second-order valence-electron chi connectivity index (χ2n) is 7.49. The number of carbonyl (C=O) groups excluding carboxylic acids is 1. The van der Waals surface area contributed by atoms with Crippen LogP contribution in [0.2, 0.25) is 0 Å². The van der Waals surface area contributed by atoms with Crippen LogP contribution in [-0.2, 0) is 11.2 Å². The van der Waals surface area contributed by atoms with Crippen LogP contribution >= 0.6 is 0 Å². The third kappa shape index (κ3) is 4.66. The average molecular weight is 351 g/mol. The van der Waals surface area contributed by atoms with E-state index in [-0.39, 0.29) is 5.91 Å². The minimum atomic E-state index is -0.443. The summed E-state index contributed by atoms with van der Waals surface area (Å²) in [5.74, 6) is 1.57. The molecule has 0 aliphatic carbocycles. The van der Waals surface area contributed by atoms with Crippen LogP contribution in [0.15, 0.2) is 48.5 Å². The summed E-state index contributed by atoms with van der Waals surface area (Å²) >= 11 is 0. The van der Waals surface area contributed by atoms with Crippen molar-refractivity contribution in [2.24, 2.45) is 5.92 Å². The topological polar surface area (TPSA) is 29.5 Å². The predicted molar refractivity (Wildman–Crippen MR) is 105 cm³/mol. The Morgan fingerprint density at radius 2 is 1.81 bits per heavy atom. The zero-order valence-corrected chi connectivity index (χ0v) is 16.1. The van der Waals surface area contributed by atoms with Crippen molar-refractivity contribution in [1.82, 2.24) is 4.90 Å². The highest BCUT2D eigenvalue weighted by Crippen LogP contribution is 2.24. The van der Waals surface area contributed by atoms with Crippen LogP contribution in [0.1, 0.15) is 36.5 Å². The van der Waals surface area contributed by atoms with E-state index in [1.165, 1.54) is 5.56 Å². The first-order valence-electron chi connectivity index (χ1n) is 9.59. The highest BCUT2D eigenvalue weighted by atomic mass is 16.5. The van der Waals surface area contributed by atoms with Gasteiger partial charge < -0.3 is 9.64 Å². The van der Waals surface area contributed by atoms with E-state index in [9.17, 15) is 4.79 Å². The number of amides is 1. The Morgan fingerprint density at radius 1 is 1.12 bits per heavy atom. The Balaban J connectivity index is 1.52. The molecule has 138 valence electrons. The lowest BCUT2D eigenvalue weighted by Crippen LogP contribution is -2.45. The van der Waals surface area contributed by atoms with Crippen LogP contribution in [0.5, 0.6) is 5.75 Å². The van der Waals surface area contributed by atoms with Gasteiger partial charge in [-0.05, 0) is 68.7 Å². The second kappa shape index (κ2) is 8.39. The van der Waals surface area contributed by atoms with Crippen molar-refractivity contribution in [2.45, 2.75) is 46.1 Å². The quantitative estimate of drug-likeness (QED) is 0.791. The van der Waals surface area contributed by atoms with Gasteiger partial charge in [0.25, 0.3) is 5.91 Å². The van der Waals surface area contributed by atoms with E-state index in [1.807, 2.05) is 37.8 Å². The predicted octanol–water partition coefficient (Wildman–Crippen LogP) is 4.55. The minimum absolute atomic E-state index is 0.101. The number of carbonyl (C=O) groups is 1. The minimum Gasteiger partial charge on any atom is -0.481 e. The molecule has 0 saturated carbocycles. The highest BCUT2D eigenvalue weighted by molar-refractivity contribution is 5.81. The van der Waals surface area contributed by atoms with Gasteiger partial charge in [-0.1, -0.05) is 42.5 Å². The van der Waals surface area contributed by atoms with Crippen LogP contribution in [0.25, 0.3) is 0 Å². The lowest BCUT2D eigenvalue weighted by atomic mass is 9.90. The maximum absolute atomic E-state index is 12.8. The fraction of sp³-hybridized carbons (Fsp3) is 0.435. The molecule has 3 nitrogen and oxygen atoms in total. The molecule has 1 saturated heterocycles. The van der Waals surface area contributed by atoms with Crippen molar-refractivity contribution < 1.29 is 9.53 Å². The van der Waals surface area contributed by atoms with E-state index >= 15 is 0 Å². The fourth-order valence-corrected chi connectivity index (χ4v) is 3.64. The zero-order chi connectivity index (χ0) is 18.5. The van der Waals surface area contributed by atoms with Gasteiger partial charge >= 0.3 is 0 Å². The number of piperidine rings is 1. The summed E-state index contributed by atoms with van der Waals surface area (Å²) in [5, 5.41) is 0. The van der Waals surface area contributed by atoms with Gasteiger partial charge in [0.15, 0.2) is 6.10 Å². The third-order valence-electron chi connectivity index (χ3n) is 5.29. The maximum atomic E-state index is 12.8. The summed E-state index contributed by atoms with van der Waals surface area (Å²) in [5.41, 5.74) is 3.60. The van der Waals surface area contributed by atoms with Gasteiger partial charge in [0, 0.05) is 13.1 Å². The molecule has 3 heteroatoms. The first-order valence-corrected chi connectivity index (χ1v) is 9.59. The fourth-order valence-electron chi connectivity index (χ4n) is 3.64. The molecule has 1 heterocycles. The number of hydrogen-bond acceptors (Lipinski definition) is 2. The number of hydrogen-bond donors (Lipinski definition) is 0. The molecule has 1 aliphatic heterocycles. The van der Waals surface area contributed by atoms with Gasteiger partial charge in [0.2, 0.25) is 0 Å². The number of ether oxygens (including phenoxy) is 1. The van der Waals surface area contributed by atoms with E-state index in [2.05, 4.69) is 36.4 Å². The summed E-state index contributed by atoms with van der Waals surface area (Å²) in [6.07, 6.45) is 2.80. The molecule has 1 aliphatic rings. The Bertz CT molecular complexity index is 733. The number of aryl methyl sites for hydroxylation is 2. The average Bonchev–Trinajstić information content (AvgIpc) is 2.65. The third-order valence-corrected chi connectivity index (χ3v) is 5.29. The maximum Gasteiger partial charge on any atom is 0.263 e. The standard InChI is InChI=1S/C23H29NO2/c1-17-9-10-18(2)22(15-17)26-19(3)23(25)24-13-11-21(12-14-24)16-20-7-5-4-6-8-20/h4-10,15,19,21H,11-14,16H2,1-3H3. The van der Waals surface area contributed by atoms with Gasteiger partial charge in [-0.15, -0.1) is 0 Å². The lowest BCUT2D eigenvalue weighted by molar-refractivity contribution is -0.139. The van der Waals surface area contributed by atoms with Crippen molar-refractivity contribution in [2.75, 3.05) is 13.1 Å². The second-order valence-corrected chi connectivity index (χ2v) is 7.49. The molecule has 0 spiro atoms. The van der Waals surface area contributed by atoms with Crippen molar-refractivity contribution in [3.63, 3.8) is 0 Å². The molecule has 1 unspecified atom stereocenters. The van der Waals surface area contributed by atoms with E-state index in [0.29, 0.717) is 5.92 Å². The highest BCUT2D eigenvalue weighted by Gasteiger charge is 2.27. The van der Waals surface area contributed by atoms with Crippen LogP contribution < -0.4 is 4.74 Å². The largest absolute Gasteiger partial charge is 0.481 e. The van der Waals surface area contributed by atoms with Crippen LogP contribution in [-0.4, -0.2) is 30.0 Å². The Labute approximate surface area is 157 Å². The number of likely N-dealkylation sites (tertiary alicyclic amines) is 1. The van der Waals surface area contributed by atoms with Gasteiger partial charge in [-0.3, -0.25) is 4.79 Å². The molecule has 2 aromatic rings. The van der Waals surface area contributed by atoms with Crippen LogP contribution in [0.4, 0.5) is 0 Å². The molecule has 0 bridgehead atoms. The molecule has 1 atom stereocenters. The molecule has 26 heavy (non-hydrogen) atoms. The van der Waals surface area contributed by atoms with E-state index in [4.69, 9.17) is 4.74 Å². The number of benzene rings is 2. The summed E-state index contributed by atoms with van der Waals surface area (Å²) in [4.78, 5) is 14.7. The molecular formula is C23H29NO2. The van der Waals surface area contributed by atoms with Gasteiger partial charge in [0.05, 0.1) is 0 Å². The van der Waals surface area contributed by atoms with E-state index in [1.54, 1.807) is 0 Å². The van der Waals surface area contributed by atoms with Crippen LogP contribution in [0, 0.1) is 19.8 Å². The molecule has 1 amide bonds. The molecule has 0 N–H and O–H groups in total. The Kier molecular flexibility index (Phi) is 5.97. The molecular weight excluding hydrogens is 322 g/mol. The van der Waals surface area contributed by atoms with Gasteiger partial charge in [-0.25, -0.2) is 0 Å². The molecule has 3 rings (SSSR count). The first kappa shape index (κ1) is 18.5. The number of nitrogens with zero attached hydrogens (tertiary/aromatic N) is 1. The number of rotatable bonds is 5. The van der Waals surface area contributed by atoms with E-state index in [0.717, 1.165) is 49.2 Å². The molecule has 0 radical (unpaired) electrons. The smallest absolute Gasteiger partial charge is 0.263 e. The SMILES string of the molecule is Cc1ccc(C)c(OC(C)C(=O)N2CCC(Cc3ccccc3)CC2)c1. The summed E-state index contributed by atoms with van der Waals surface area (Å²) in [6, 6.07) is 16.7. The van der Waals surface area contributed by atoms with Gasteiger partial charge in [0.1, 0.15) is 5.75 Å². The lowest BCUT2D eigenvalue weighted by Gasteiger charge is -2.33. The van der Waals surface area contributed by atoms with Crippen molar-refractivity contribution in [3.8, 4) is 5.75 Å². The molecule has 0 aromatic heterocycles. The molecule has 2 aromatic carbocycles. The van der Waals surface area contributed by atoms with Crippen molar-refractivity contribution in [1.29, 1.82) is 0 Å². The van der Waals surface area contributed by atoms with E-state index < -0.39 is 6.10 Å². The molecule has 1 fully saturated rings. The Morgan fingerprint density at radius 3 is 2.50 bits per heavy atom. The summed E-state index contributed by atoms with van der Waals surface area (Å²) in [6.45, 7) is 7.57. The Hall–Kier alpha value is -2.29. The van der Waals surface area contributed by atoms with Crippen molar-refractivity contribution in [3.05, 3.63) is 65.2 Å².